The second-order valence-corrected chi connectivity index (χ2v) is 8.16. The van der Waals surface area contributed by atoms with Crippen LogP contribution in [0.1, 0.15) is 51.4 Å². The monoisotopic (exact) mass is 418 g/mol. The van der Waals surface area contributed by atoms with Crippen LogP contribution in [0.25, 0.3) is 0 Å². The lowest BCUT2D eigenvalue weighted by Crippen LogP contribution is -2.38. The molecule has 162 valence electrons. The van der Waals surface area contributed by atoms with Crippen LogP contribution < -0.4 is 9.47 Å². The Hall–Kier alpha value is -1.79. The number of hydrogen-bond acceptors (Lipinski definition) is 2. The van der Waals surface area contributed by atoms with Crippen LogP contribution in [0.5, 0.6) is 11.5 Å². The maximum absolute atomic E-state index is 14.6. The highest BCUT2D eigenvalue weighted by Gasteiger charge is 2.45. The van der Waals surface area contributed by atoms with Crippen molar-refractivity contribution >= 4 is 0 Å². The molecule has 2 nitrogen and oxygen atoms in total. The first-order chi connectivity index (χ1) is 13.8. The Morgan fingerprint density at radius 2 is 1.45 bits per heavy atom. The van der Waals surface area contributed by atoms with E-state index in [-0.39, 0.29) is 0 Å². The molecule has 2 aliphatic carbocycles. The molecule has 0 N–H and O–H groups in total. The molecule has 2 saturated carbocycles. The summed E-state index contributed by atoms with van der Waals surface area (Å²) in [7, 11) is 0. The number of allylic oxidation sites excluding steroid dienone is 1. The molecular weight excluding hydrogens is 391 g/mol. The summed E-state index contributed by atoms with van der Waals surface area (Å²) in [6.45, 7) is 2.42. The zero-order chi connectivity index (χ0) is 21.0. The van der Waals surface area contributed by atoms with Gasteiger partial charge in [-0.3, -0.25) is 0 Å². The summed E-state index contributed by atoms with van der Waals surface area (Å²) >= 11 is 0. The first-order valence-electron chi connectivity index (χ1n) is 10.2. The van der Waals surface area contributed by atoms with Gasteiger partial charge in [0.25, 0.3) is 0 Å². The van der Waals surface area contributed by atoms with Gasteiger partial charge in [-0.25, -0.2) is 13.2 Å². The van der Waals surface area contributed by atoms with Crippen LogP contribution in [0.2, 0.25) is 0 Å². The predicted molar refractivity (Wildman–Crippen MR) is 99.6 cm³/mol. The Morgan fingerprint density at radius 1 is 0.931 bits per heavy atom. The van der Waals surface area contributed by atoms with E-state index in [0.29, 0.717) is 55.6 Å². The summed E-state index contributed by atoms with van der Waals surface area (Å²) in [6, 6.07) is 1.18. The van der Waals surface area contributed by atoms with Crippen LogP contribution in [0.4, 0.5) is 22.0 Å². The van der Waals surface area contributed by atoms with Crippen LogP contribution in [-0.2, 0) is 0 Å². The Labute approximate surface area is 168 Å². The highest BCUT2D eigenvalue weighted by molar-refractivity contribution is 5.35. The molecule has 0 heterocycles. The van der Waals surface area contributed by atoms with Gasteiger partial charge >= 0.3 is 6.11 Å². The summed E-state index contributed by atoms with van der Waals surface area (Å²) in [5, 5.41) is 0. The first kappa shape index (κ1) is 21.9. The molecule has 0 saturated heterocycles. The second kappa shape index (κ2) is 9.35. The van der Waals surface area contributed by atoms with Crippen molar-refractivity contribution < 1.29 is 31.4 Å². The van der Waals surface area contributed by atoms with Gasteiger partial charge in [-0.1, -0.05) is 6.08 Å². The summed E-state index contributed by atoms with van der Waals surface area (Å²) < 4.78 is 77.7. The molecule has 7 heteroatoms. The summed E-state index contributed by atoms with van der Waals surface area (Å²) in [5.74, 6) is -3.57. The van der Waals surface area contributed by atoms with E-state index in [2.05, 4.69) is 16.1 Å². The molecule has 0 bridgehead atoms. The van der Waals surface area contributed by atoms with Gasteiger partial charge in [-0.05, 0) is 69.1 Å². The maximum Gasteiger partial charge on any atom is 0.400 e. The smallest absolute Gasteiger partial charge is 0.400 e. The van der Waals surface area contributed by atoms with Crippen molar-refractivity contribution in [3.05, 3.63) is 36.4 Å². The fourth-order valence-electron chi connectivity index (χ4n) is 4.81. The highest BCUT2D eigenvalue weighted by Crippen LogP contribution is 2.45. The molecule has 0 atom stereocenters. The van der Waals surface area contributed by atoms with Crippen molar-refractivity contribution in [2.24, 2.45) is 23.7 Å². The predicted octanol–water partition coefficient (Wildman–Crippen LogP) is 7.04. The standard InChI is InChI=1S/C22H27F5O2/c1-2-14-3-5-15(6-4-14)16-7-9-17(10-8-16)22(26,27)29-18-11-19(24)21(28-13-23)20(25)12-18/h2,11-12,14-17H,1,3-10,13H2. The molecule has 0 amide bonds. The van der Waals surface area contributed by atoms with Gasteiger partial charge in [0.2, 0.25) is 6.86 Å². The average Bonchev–Trinajstić information content (AvgIpc) is 2.70. The Balaban J connectivity index is 1.56. The van der Waals surface area contributed by atoms with E-state index in [0.717, 1.165) is 25.7 Å². The zero-order valence-corrected chi connectivity index (χ0v) is 16.3. The van der Waals surface area contributed by atoms with Gasteiger partial charge in [-0.2, -0.15) is 8.78 Å². The number of hydrogen-bond donors (Lipinski definition) is 0. The highest BCUT2D eigenvalue weighted by atomic mass is 19.3. The van der Waals surface area contributed by atoms with Crippen molar-refractivity contribution in [3.8, 4) is 11.5 Å². The quantitative estimate of drug-likeness (QED) is 0.349. The van der Waals surface area contributed by atoms with E-state index < -0.39 is 42.0 Å². The van der Waals surface area contributed by atoms with Crippen LogP contribution in [-0.4, -0.2) is 13.0 Å². The van der Waals surface area contributed by atoms with E-state index in [4.69, 9.17) is 0 Å². The third kappa shape index (κ3) is 5.23. The van der Waals surface area contributed by atoms with Crippen LogP contribution in [0, 0.1) is 35.3 Å². The largest absolute Gasteiger partial charge is 0.457 e. The molecule has 2 fully saturated rings. The first-order valence-corrected chi connectivity index (χ1v) is 10.2. The molecule has 1 aromatic rings. The summed E-state index contributed by atoms with van der Waals surface area (Å²) in [5.41, 5.74) is 0. The third-order valence-electron chi connectivity index (χ3n) is 6.49. The molecule has 2 aliphatic rings. The number of halogens is 5. The third-order valence-corrected chi connectivity index (χ3v) is 6.49. The van der Waals surface area contributed by atoms with Gasteiger partial charge in [0.05, 0.1) is 5.92 Å². The van der Waals surface area contributed by atoms with E-state index in [1.165, 1.54) is 0 Å². The van der Waals surface area contributed by atoms with Crippen molar-refractivity contribution in [2.75, 3.05) is 6.86 Å². The van der Waals surface area contributed by atoms with Gasteiger partial charge in [0, 0.05) is 12.1 Å². The molecule has 0 unspecified atom stereocenters. The van der Waals surface area contributed by atoms with Crippen LogP contribution in [0.15, 0.2) is 24.8 Å². The fraction of sp³-hybridized carbons (Fsp3) is 0.636. The Morgan fingerprint density at radius 3 is 1.93 bits per heavy atom. The lowest BCUT2D eigenvalue weighted by Gasteiger charge is -2.38. The topological polar surface area (TPSA) is 18.5 Å². The van der Waals surface area contributed by atoms with Crippen molar-refractivity contribution in [3.63, 3.8) is 0 Å². The zero-order valence-electron chi connectivity index (χ0n) is 16.3. The molecule has 0 spiro atoms. The van der Waals surface area contributed by atoms with E-state index >= 15 is 0 Å². The van der Waals surface area contributed by atoms with Crippen molar-refractivity contribution in [1.29, 1.82) is 0 Å². The molecule has 0 aliphatic heterocycles. The van der Waals surface area contributed by atoms with Crippen LogP contribution in [0.3, 0.4) is 0 Å². The Bertz CT molecular complexity index is 669. The molecule has 3 rings (SSSR count). The SMILES string of the molecule is C=CC1CCC(C2CCC(C(F)(F)Oc3cc(F)c(OCF)c(F)c3)CC2)CC1. The minimum absolute atomic E-state index is 0.313. The summed E-state index contributed by atoms with van der Waals surface area (Å²) in [6.07, 6.45) is 4.98. The molecule has 1 aromatic carbocycles. The van der Waals surface area contributed by atoms with E-state index in [1.807, 2.05) is 6.08 Å². The molecular formula is C22H27F5O2. The molecule has 29 heavy (non-hydrogen) atoms. The van der Waals surface area contributed by atoms with E-state index in [9.17, 15) is 22.0 Å². The van der Waals surface area contributed by atoms with Gasteiger partial charge < -0.3 is 9.47 Å². The van der Waals surface area contributed by atoms with Gasteiger partial charge in [0.1, 0.15) is 5.75 Å². The molecule has 0 radical (unpaired) electrons. The van der Waals surface area contributed by atoms with Gasteiger partial charge in [-0.15, -0.1) is 6.58 Å². The van der Waals surface area contributed by atoms with Crippen molar-refractivity contribution in [2.45, 2.75) is 57.5 Å². The lowest BCUT2D eigenvalue weighted by molar-refractivity contribution is -0.224. The number of rotatable bonds is 7. The Kier molecular flexibility index (Phi) is 7.06. The minimum Gasteiger partial charge on any atom is -0.457 e. The van der Waals surface area contributed by atoms with Crippen LogP contribution >= 0.6 is 0 Å². The average molecular weight is 418 g/mol. The fourth-order valence-corrected chi connectivity index (χ4v) is 4.81. The number of benzene rings is 1. The lowest BCUT2D eigenvalue weighted by atomic mass is 9.69. The normalized spacial score (nSPS) is 28.0. The number of alkyl halides is 3. The van der Waals surface area contributed by atoms with E-state index in [1.54, 1.807) is 0 Å². The number of ether oxygens (including phenoxy) is 2. The summed E-state index contributed by atoms with van der Waals surface area (Å²) in [4.78, 5) is 0. The van der Waals surface area contributed by atoms with Gasteiger partial charge in [0.15, 0.2) is 17.4 Å². The minimum atomic E-state index is -3.53. The second-order valence-electron chi connectivity index (χ2n) is 8.16. The molecule has 0 aromatic heterocycles. The van der Waals surface area contributed by atoms with Crippen molar-refractivity contribution in [1.82, 2.24) is 0 Å². The maximum atomic E-state index is 14.6.